The Morgan fingerprint density at radius 3 is 2.45 bits per heavy atom. The van der Waals surface area contributed by atoms with Crippen molar-refractivity contribution in [3.05, 3.63) is 29.8 Å². The SMILES string of the molecule is CCCCC(CC)CN(CCC(C)C)C(=O)c1cccc(/N=N/C2C(=O)N(N(C)C)C(=O)C(C#N)C2C)c1. The van der Waals surface area contributed by atoms with Crippen molar-refractivity contribution < 1.29 is 14.4 Å². The summed E-state index contributed by atoms with van der Waals surface area (Å²) in [5.41, 5.74) is 0.970. The molecule has 1 saturated heterocycles. The zero-order valence-corrected chi connectivity index (χ0v) is 24.1. The molecule has 0 aliphatic carbocycles. The Morgan fingerprint density at radius 2 is 1.87 bits per heavy atom. The Kier molecular flexibility index (Phi) is 12.0. The van der Waals surface area contributed by atoms with Crippen molar-refractivity contribution in [3.8, 4) is 6.07 Å². The van der Waals surface area contributed by atoms with Gasteiger partial charge in [0, 0.05) is 38.7 Å². The van der Waals surface area contributed by atoms with Crippen molar-refractivity contribution in [2.45, 2.75) is 72.8 Å². The second kappa shape index (κ2) is 14.7. The molecule has 1 aromatic rings. The molecule has 0 bridgehead atoms. The van der Waals surface area contributed by atoms with Crippen LogP contribution in [-0.4, -0.2) is 65.9 Å². The minimum atomic E-state index is -0.999. The number of amides is 3. The van der Waals surface area contributed by atoms with Crippen LogP contribution in [0.3, 0.4) is 0 Å². The number of carbonyl (C=O) groups is 3. The van der Waals surface area contributed by atoms with E-state index in [1.54, 1.807) is 45.3 Å². The average molecular weight is 525 g/mol. The number of nitriles is 1. The number of imide groups is 1. The minimum Gasteiger partial charge on any atom is -0.338 e. The first-order chi connectivity index (χ1) is 18.0. The molecule has 1 aliphatic heterocycles. The Hall–Kier alpha value is -3.12. The van der Waals surface area contributed by atoms with Gasteiger partial charge in [0.1, 0.15) is 5.92 Å². The largest absolute Gasteiger partial charge is 0.338 e. The van der Waals surface area contributed by atoms with Crippen LogP contribution in [0.4, 0.5) is 5.69 Å². The molecular formula is C29H44N6O3. The summed E-state index contributed by atoms with van der Waals surface area (Å²) in [7, 11) is 3.14. The quantitative estimate of drug-likeness (QED) is 0.251. The van der Waals surface area contributed by atoms with Crippen LogP contribution in [0, 0.1) is 35.0 Å². The molecule has 4 unspecified atom stereocenters. The smallest absolute Gasteiger partial charge is 0.271 e. The summed E-state index contributed by atoms with van der Waals surface area (Å²) in [5, 5.41) is 20.4. The molecule has 4 atom stereocenters. The normalized spacial score (nSPS) is 20.8. The van der Waals surface area contributed by atoms with Gasteiger partial charge in [-0.2, -0.15) is 15.5 Å². The first-order valence-corrected chi connectivity index (χ1v) is 13.8. The van der Waals surface area contributed by atoms with Crippen LogP contribution >= 0.6 is 0 Å². The van der Waals surface area contributed by atoms with E-state index in [4.69, 9.17) is 0 Å². The highest BCUT2D eigenvalue weighted by atomic mass is 16.2. The summed E-state index contributed by atoms with van der Waals surface area (Å²) >= 11 is 0. The second-order valence-corrected chi connectivity index (χ2v) is 10.9. The molecule has 0 N–H and O–H groups in total. The molecule has 0 saturated carbocycles. The molecule has 9 heteroatoms. The highest BCUT2D eigenvalue weighted by Gasteiger charge is 2.48. The van der Waals surface area contributed by atoms with E-state index in [0.717, 1.165) is 43.7 Å². The minimum absolute atomic E-state index is 0.0336. The first kappa shape index (κ1) is 31.1. The molecular weight excluding hydrogens is 480 g/mol. The van der Waals surface area contributed by atoms with E-state index in [-0.39, 0.29) is 5.91 Å². The maximum absolute atomic E-state index is 13.6. The maximum atomic E-state index is 13.6. The first-order valence-electron chi connectivity index (χ1n) is 13.8. The Labute approximate surface area is 227 Å². The summed E-state index contributed by atoms with van der Waals surface area (Å²) in [6.45, 7) is 11.8. The van der Waals surface area contributed by atoms with Gasteiger partial charge in [-0.25, -0.2) is 10.0 Å². The summed E-state index contributed by atoms with van der Waals surface area (Å²) in [6.07, 6.45) is 5.36. The van der Waals surface area contributed by atoms with E-state index in [1.165, 1.54) is 5.01 Å². The monoisotopic (exact) mass is 524 g/mol. The van der Waals surface area contributed by atoms with Gasteiger partial charge in [-0.1, -0.05) is 59.9 Å². The predicted octanol–water partition coefficient (Wildman–Crippen LogP) is 5.46. The molecule has 0 aromatic heterocycles. The topological polar surface area (TPSA) is 109 Å². The fourth-order valence-corrected chi connectivity index (χ4v) is 4.65. The zero-order chi connectivity index (χ0) is 28.4. The lowest BCUT2D eigenvalue weighted by Crippen LogP contribution is -2.59. The molecule has 1 aromatic carbocycles. The molecule has 0 radical (unpaired) electrons. The number of benzene rings is 1. The molecule has 1 heterocycles. The van der Waals surface area contributed by atoms with Crippen LogP contribution in [0.2, 0.25) is 0 Å². The fourth-order valence-electron chi connectivity index (χ4n) is 4.65. The highest BCUT2D eigenvalue weighted by molar-refractivity contribution is 6.02. The Bertz CT molecular complexity index is 1030. The van der Waals surface area contributed by atoms with E-state index in [1.807, 2.05) is 11.0 Å². The van der Waals surface area contributed by atoms with Crippen LogP contribution < -0.4 is 0 Å². The molecule has 2 rings (SSSR count). The summed E-state index contributed by atoms with van der Waals surface area (Å²) in [4.78, 5) is 41.2. The molecule has 3 amide bonds. The van der Waals surface area contributed by atoms with E-state index < -0.39 is 29.7 Å². The molecule has 38 heavy (non-hydrogen) atoms. The van der Waals surface area contributed by atoms with Gasteiger partial charge in [0.2, 0.25) is 0 Å². The van der Waals surface area contributed by atoms with Gasteiger partial charge in [0.05, 0.1) is 11.8 Å². The maximum Gasteiger partial charge on any atom is 0.271 e. The molecule has 0 spiro atoms. The van der Waals surface area contributed by atoms with Crippen molar-refractivity contribution >= 4 is 23.4 Å². The van der Waals surface area contributed by atoms with E-state index >= 15 is 0 Å². The van der Waals surface area contributed by atoms with Crippen molar-refractivity contribution in [3.63, 3.8) is 0 Å². The zero-order valence-electron chi connectivity index (χ0n) is 24.1. The van der Waals surface area contributed by atoms with Crippen molar-refractivity contribution in [1.29, 1.82) is 5.26 Å². The van der Waals surface area contributed by atoms with E-state index in [9.17, 15) is 19.6 Å². The van der Waals surface area contributed by atoms with Gasteiger partial charge in [0.15, 0.2) is 6.04 Å². The number of nitrogens with zero attached hydrogens (tertiary/aromatic N) is 6. The number of rotatable bonds is 13. The average Bonchev–Trinajstić information content (AvgIpc) is 2.88. The molecule has 208 valence electrons. The molecule has 1 fully saturated rings. The number of azo groups is 1. The Balaban J connectivity index is 2.29. The summed E-state index contributed by atoms with van der Waals surface area (Å²) in [6, 6.07) is 7.98. The second-order valence-electron chi connectivity index (χ2n) is 10.9. The fraction of sp³-hybridized carbons (Fsp3) is 0.655. The lowest BCUT2D eigenvalue weighted by atomic mass is 9.84. The lowest BCUT2D eigenvalue weighted by molar-refractivity contribution is -0.170. The number of piperidine rings is 1. The van der Waals surface area contributed by atoms with Crippen molar-refractivity contribution in [2.75, 3.05) is 27.2 Å². The summed E-state index contributed by atoms with van der Waals surface area (Å²) < 4.78 is 0. The predicted molar refractivity (Wildman–Crippen MR) is 147 cm³/mol. The lowest BCUT2D eigenvalue weighted by Gasteiger charge is -2.37. The van der Waals surface area contributed by atoms with Gasteiger partial charge in [-0.05, 0) is 42.9 Å². The van der Waals surface area contributed by atoms with Gasteiger partial charge < -0.3 is 4.90 Å². The van der Waals surface area contributed by atoms with Gasteiger partial charge >= 0.3 is 0 Å². The van der Waals surface area contributed by atoms with Crippen molar-refractivity contribution in [2.24, 2.45) is 33.9 Å². The number of carbonyl (C=O) groups excluding carboxylic acids is 3. The summed E-state index contributed by atoms with van der Waals surface area (Å²) in [5.74, 6) is -1.78. The van der Waals surface area contributed by atoms with Gasteiger partial charge in [-0.3, -0.25) is 14.4 Å². The third kappa shape index (κ3) is 7.94. The number of hydrogen-bond donors (Lipinski definition) is 0. The molecule has 9 nitrogen and oxygen atoms in total. The number of hydrazine groups is 1. The standard InChI is InChI=1S/C29H44N6O3/c1-8-10-12-22(9-2)19-34(16-15-20(3)4)27(36)23-13-11-14-24(17-23)31-32-26-21(5)25(18-30)28(37)35(29(26)38)33(6)7/h11,13-14,17,20-22,25-26H,8-10,12,15-16,19H2,1-7H3/b32-31+. The number of hydrogen-bond acceptors (Lipinski definition) is 7. The third-order valence-corrected chi connectivity index (χ3v) is 7.18. The van der Waals surface area contributed by atoms with E-state index in [0.29, 0.717) is 29.6 Å². The highest BCUT2D eigenvalue weighted by Crippen LogP contribution is 2.29. The van der Waals surface area contributed by atoms with Crippen LogP contribution in [0.5, 0.6) is 0 Å². The number of unbranched alkanes of at least 4 members (excludes halogenated alkanes) is 1. The Morgan fingerprint density at radius 1 is 1.16 bits per heavy atom. The van der Waals surface area contributed by atoms with Crippen LogP contribution in [0.1, 0.15) is 77.1 Å². The molecule has 1 aliphatic rings. The van der Waals surface area contributed by atoms with Crippen molar-refractivity contribution in [1.82, 2.24) is 14.9 Å². The van der Waals surface area contributed by atoms with Gasteiger partial charge in [0.25, 0.3) is 17.7 Å². The van der Waals surface area contributed by atoms with Crippen LogP contribution in [-0.2, 0) is 9.59 Å². The van der Waals surface area contributed by atoms with Gasteiger partial charge in [-0.15, -0.1) is 0 Å². The third-order valence-electron chi connectivity index (χ3n) is 7.18. The van der Waals surface area contributed by atoms with Crippen LogP contribution in [0.15, 0.2) is 34.5 Å². The van der Waals surface area contributed by atoms with Crippen LogP contribution in [0.25, 0.3) is 0 Å². The van der Waals surface area contributed by atoms with E-state index in [2.05, 4.69) is 37.9 Å².